The molecule has 2 aliphatic heterocycles. The van der Waals surface area contributed by atoms with Crippen LogP contribution in [0, 0.1) is 11.6 Å². The van der Waals surface area contributed by atoms with Crippen LogP contribution in [0.15, 0.2) is 48.7 Å². The van der Waals surface area contributed by atoms with Crippen LogP contribution in [0.4, 0.5) is 25.1 Å². The highest BCUT2D eigenvalue weighted by atomic mass is 19.1. The van der Waals surface area contributed by atoms with Gasteiger partial charge in [-0.05, 0) is 42.8 Å². The van der Waals surface area contributed by atoms with Gasteiger partial charge in [-0.15, -0.1) is 0 Å². The number of nitrogens with one attached hydrogen (secondary N) is 3. The van der Waals surface area contributed by atoms with E-state index in [2.05, 4.69) is 20.9 Å². The van der Waals surface area contributed by atoms with Crippen molar-refractivity contribution in [1.29, 1.82) is 0 Å². The highest BCUT2D eigenvalue weighted by Crippen LogP contribution is 2.54. The SMILES string of the molecule is O=C1CCc2c(Oc3ccc4c(c3)[C@H]3C(NC(=O)Nc5cc(F)ccc5F)[C@H]3O4)ccnc2N1. The molecule has 0 bridgehead atoms. The number of anilines is 2. The number of hydrogen-bond donors (Lipinski definition) is 3. The van der Waals surface area contributed by atoms with Gasteiger partial charge < -0.3 is 25.4 Å². The molecule has 1 saturated carbocycles. The van der Waals surface area contributed by atoms with Gasteiger partial charge in [-0.1, -0.05) is 0 Å². The van der Waals surface area contributed by atoms with E-state index < -0.39 is 17.7 Å². The van der Waals surface area contributed by atoms with Crippen LogP contribution in [0.5, 0.6) is 17.2 Å². The third kappa shape index (κ3) is 3.57. The van der Waals surface area contributed by atoms with Gasteiger partial charge in [-0.2, -0.15) is 0 Å². The van der Waals surface area contributed by atoms with Gasteiger partial charge in [-0.25, -0.2) is 18.6 Å². The summed E-state index contributed by atoms with van der Waals surface area (Å²) < 4.78 is 39.1. The summed E-state index contributed by atoms with van der Waals surface area (Å²) in [6.07, 6.45) is 2.24. The summed E-state index contributed by atoms with van der Waals surface area (Å²) in [5.74, 6) is 0.886. The van der Waals surface area contributed by atoms with Crippen LogP contribution in [0.1, 0.15) is 23.5 Å². The zero-order valence-corrected chi connectivity index (χ0v) is 17.6. The maximum atomic E-state index is 13.8. The van der Waals surface area contributed by atoms with E-state index in [4.69, 9.17) is 9.47 Å². The third-order valence-corrected chi connectivity index (χ3v) is 6.13. The number of halogens is 2. The molecule has 3 atom stereocenters. The van der Waals surface area contributed by atoms with Crippen LogP contribution in [0.25, 0.3) is 0 Å². The highest BCUT2D eigenvalue weighted by molar-refractivity contribution is 5.93. The van der Waals surface area contributed by atoms with Gasteiger partial charge in [0, 0.05) is 29.8 Å². The van der Waals surface area contributed by atoms with E-state index in [0.717, 1.165) is 29.3 Å². The smallest absolute Gasteiger partial charge is 0.319 e. The van der Waals surface area contributed by atoms with Crippen molar-refractivity contribution in [3.8, 4) is 17.2 Å². The fourth-order valence-corrected chi connectivity index (χ4v) is 4.46. The Morgan fingerprint density at radius 3 is 2.91 bits per heavy atom. The molecule has 2 aromatic carbocycles. The topological polar surface area (TPSA) is 102 Å². The molecular formula is C24H18F2N4O4. The Kier molecular flexibility index (Phi) is 4.61. The van der Waals surface area contributed by atoms with E-state index in [1.54, 1.807) is 18.3 Å². The monoisotopic (exact) mass is 464 g/mol. The number of hydrogen-bond acceptors (Lipinski definition) is 5. The van der Waals surface area contributed by atoms with Gasteiger partial charge in [0.2, 0.25) is 5.91 Å². The predicted molar refractivity (Wildman–Crippen MR) is 117 cm³/mol. The van der Waals surface area contributed by atoms with Crippen molar-refractivity contribution in [2.75, 3.05) is 10.6 Å². The van der Waals surface area contributed by atoms with Crippen molar-refractivity contribution in [2.24, 2.45) is 0 Å². The number of urea groups is 1. The summed E-state index contributed by atoms with van der Waals surface area (Å²) in [7, 11) is 0. The average molecular weight is 464 g/mol. The Morgan fingerprint density at radius 1 is 1.15 bits per heavy atom. The number of carbonyl (C=O) groups excluding carboxylic acids is 2. The number of pyridine rings is 1. The molecular weight excluding hydrogens is 446 g/mol. The summed E-state index contributed by atoms with van der Waals surface area (Å²) in [6, 6.07) is 9.11. The number of rotatable bonds is 4. The molecule has 0 spiro atoms. The molecule has 3 N–H and O–H groups in total. The third-order valence-electron chi connectivity index (χ3n) is 6.13. The number of aromatic nitrogens is 1. The maximum Gasteiger partial charge on any atom is 0.319 e. The maximum absolute atomic E-state index is 13.8. The molecule has 3 aliphatic rings. The van der Waals surface area contributed by atoms with E-state index in [-0.39, 0.29) is 29.7 Å². The lowest BCUT2D eigenvalue weighted by Crippen LogP contribution is -2.34. The first-order chi connectivity index (χ1) is 16.5. The van der Waals surface area contributed by atoms with Crippen LogP contribution in [0.2, 0.25) is 0 Å². The molecule has 1 unspecified atom stereocenters. The molecule has 10 heteroatoms. The van der Waals surface area contributed by atoms with Crippen molar-refractivity contribution in [2.45, 2.75) is 30.9 Å². The van der Waals surface area contributed by atoms with Gasteiger partial charge in [0.15, 0.2) is 0 Å². The van der Waals surface area contributed by atoms with Gasteiger partial charge in [-0.3, -0.25) is 4.79 Å². The minimum Gasteiger partial charge on any atom is -0.487 e. The lowest BCUT2D eigenvalue weighted by atomic mass is 10.1. The fourth-order valence-electron chi connectivity index (χ4n) is 4.46. The number of nitrogens with zero attached hydrogens (tertiary/aromatic N) is 1. The quantitative estimate of drug-likeness (QED) is 0.540. The van der Waals surface area contributed by atoms with Gasteiger partial charge in [0.05, 0.1) is 17.6 Å². The summed E-state index contributed by atoms with van der Waals surface area (Å²) in [6.45, 7) is 0. The molecule has 3 amide bonds. The van der Waals surface area contributed by atoms with Crippen molar-refractivity contribution >= 4 is 23.4 Å². The minimum absolute atomic E-state index is 0.0747. The number of ether oxygens (including phenoxy) is 2. The van der Waals surface area contributed by atoms with Crippen LogP contribution in [-0.2, 0) is 11.2 Å². The Labute approximate surface area is 192 Å². The minimum atomic E-state index is -0.728. The molecule has 0 radical (unpaired) electrons. The molecule has 1 aromatic heterocycles. The summed E-state index contributed by atoms with van der Waals surface area (Å²) in [5, 5.41) is 7.83. The van der Waals surface area contributed by atoms with E-state index in [0.29, 0.717) is 35.9 Å². The van der Waals surface area contributed by atoms with Crippen LogP contribution < -0.4 is 25.4 Å². The largest absolute Gasteiger partial charge is 0.487 e. The van der Waals surface area contributed by atoms with Gasteiger partial charge in [0.1, 0.15) is 40.8 Å². The number of carbonyl (C=O) groups is 2. The zero-order chi connectivity index (χ0) is 23.4. The Morgan fingerprint density at radius 2 is 2.03 bits per heavy atom. The molecule has 6 rings (SSSR count). The average Bonchev–Trinajstić information content (AvgIpc) is 3.32. The second-order valence-corrected chi connectivity index (χ2v) is 8.34. The first-order valence-electron chi connectivity index (χ1n) is 10.7. The second kappa shape index (κ2) is 7.68. The number of fused-ring (bicyclic) bond motifs is 4. The number of amides is 3. The van der Waals surface area contributed by atoms with Crippen molar-refractivity contribution in [3.05, 3.63) is 71.4 Å². The summed E-state index contributed by atoms with van der Waals surface area (Å²) in [4.78, 5) is 28.1. The van der Waals surface area contributed by atoms with E-state index in [1.807, 2.05) is 12.1 Å². The van der Waals surface area contributed by atoms with Gasteiger partial charge >= 0.3 is 6.03 Å². The molecule has 8 nitrogen and oxygen atoms in total. The zero-order valence-electron chi connectivity index (χ0n) is 17.6. The fraction of sp³-hybridized carbons (Fsp3) is 0.208. The first kappa shape index (κ1) is 20.4. The second-order valence-electron chi connectivity index (χ2n) is 8.34. The Hall–Kier alpha value is -4.21. The molecule has 172 valence electrons. The van der Waals surface area contributed by atoms with E-state index in [9.17, 15) is 18.4 Å². The van der Waals surface area contributed by atoms with Crippen LogP contribution in [0.3, 0.4) is 0 Å². The van der Waals surface area contributed by atoms with Crippen LogP contribution in [-0.4, -0.2) is 29.1 Å². The molecule has 34 heavy (non-hydrogen) atoms. The van der Waals surface area contributed by atoms with Crippen molar-refractivity contribution in [1.82, 2.24) is 10.3 Å². The molecule has 1 aliphatic carbocycles. The molecule has 3 heterocycles. The normalized spacial score (nSPS) is 21.4. The van der Waals surface area contributed by atoms with E-state index in [1.165, 1.54) is 0 Å². The molecule has 3 aromatic rings. The Bertz CT molecular complexity index is 1350. The highest BCUT2D eigenvalue weighted by Gasteiger charge is 2.59. The van der Waals surface area contributed by atoms with Crippen molar-refractivity contribution < 1.29 is 27.8 Å². The molecule has 1 fully saturated rings. The standard InChI is InChI=1S/C24H18F2N4O4/c25-11-1-4-15(26)16(9-11)28-24(32)30-21-20-14-10-12(2-5-17(14)34-22(20)21)33-18-7-8-27-23-13(18)3-6-19(31)29-23/h1-2,4-5,7-10,20-22H,3,6H2,(H,27,29,31)(H2,28,30,32)/t20-,21?,22-/m0/s1. The summed E-state index contributed by atoms with van der Waals surface area (Å²) in [5.41, 5.74) is 1.49. The predicted octanol–water partition coefficient (Wildman–Crippen LogP) is 4.09. The first-order valence-corrected chi connectivity index (χ1v) is 10.7. The number of benzene rings is 2. The lowest BCUT2D eigenvalue weighted by Gasteiger charge is -2.19. The molecule has 0 saturated heterocycles. The summed E-state index contributed by atoms with van der Waals surface area (Å²) >= 11 is 0. The van der Waals surface area contributed by atoms with Crippen molar-refractivity contribution in [3.63, 3.8) is 0 Å². The van der Waals surface area contributed by atoms with E-state index >= 15 is 0 Å². The van der Waals surface area contributed by atoms with Gasteiger partial charge in [0.25, 0.3) is 0 Å². The van der Waals surface area contributed by atoms with Crippen LogP contribution >= 0.6 is 0 Å². The Balaban J connectivity index is 1.15. The lowest BCUT2D eigenvalue weighted by molar-refractivity contribution is -0.116.